The molecule has 0 aliphatic heterocycles. The minimum atomic E-state index is -0.0377. The molecular formula is C15H19N3O. The highest BCUT2D eigenvalue weighted by Gasteiger charge is 2.18. The van der Waals surface area contributed by atoms with Crippen molar-refractivity contribution in [1.82, 2.24) is 9.88 Å². The van der Waals surface area contributed by atoms with Gasteiger partial charge in [-0.1, -0.05) is 6.07 Å². The minimum Gasteiger partial charge on any atom is -0.398 e. The Hall–Kier alpha value is -2.10. The summed E-state index contributed by atoms with van der Waals surface area (Å²) in [6, 6.07) is 5.65. The Kier molecular flexibility index (Phi) is 3.69. The van der Waals surface area contributed by atoms with Crippen molar-refractivity contribution in [1.29, 1.82) is 0 Å². The van der Waals surface area contributed by atoms with E-state index in [-0.39, 0.29) is 5.91 Å². The van der Waals surface area contributed by atoms with Crippen molar-refractivity contribution in [2.75, 3.05) is 18.8 Å². The molecule has 19 heavy (non-hydrogen) atoms. The molecule has 2 rings (SSSR count). The number of pyridine rings is 1. The van der Waals surface area contributed by atoms with Crippen LogP contribution in [-0.4, -0.2) is 28.9 Å². The van der Waals surface area contributed by atoms with Gasteiger partial charge in [0.05, 0.1) is 0 Å². The van der Waals surface area contributed by atoms with Crippen molar-refractivity contribution in [3.8, 4) is 0 Å². The fourth-order valence-corrected chi connectivity index (χ4v) is 2.31. The molecule has 4 heteroatoms. The highest BCUT2D eigenvalue weighted by Crippen LogP contribution is 2.26. The maximum atomic E-state index is 12.5. The van der Waals surface area contributed by atoms with E-state index in [9.17, 15) is 4.79 Å². The lowest BCUT2D eigenvalue weighted by Crippen LogP contribution is -2.31. The first-order chi connectivity index (χ1) is 9.10. The zero-order valence-corrected chi connectivity index (χ0v) is 11.6. The van der Waals surface area contributed by atoms with Gasteiger partial charge in [-0.25, -0.2) is 0 Å². The summed E-state index contributed by atoms with van der Waals surface area (Å²) < 4.78 is 0. The van der Waals surface area contributed by atoms with Crippen LogP contribution in [0.1, 0.15) is 29.9 Å². The quantitative estimate of drug-likeness (QED) is 0.860. The number of rotatable bonds is 3. The highest BCUT2D eigenvalue weighted by molar-refractivity contribution is 6.09. The zero-order valence-electron chi connectivity index (χ0n) is 11.6. The molecule has 1 aromatic carbocycles. The van der Waals surface area contributed by atoms with Crippen LogP contribution in [0.15, 0.2) is 24.4 Å². The van der Waals surface area contributed by atoms with Gasteiger partial charge in [-0.2, -0.15) is 0 Å². The third-order valence-corrected chi connectivity index (χ3v) is 3.42. The number of hydrogen-bond acceptors (Lipinski definition) is 3. The highest BCUT2D eigenvalue weighted by atomic mass is 16.2. The average Bonchev–Trinajstić information content (AvgIpc) is 2.43. The Balaban J connectivity index is 2.68. The summed E-state index contributed by atoms with van der Waals surface area (Å²) in [6.07, 6.45) is 1.65. The Labute approximate surface area is 113 Å². The van der Waals surface area contributed by atoms with Crippen LogP contribution in [0, 0.1) is 6.92 Å². The molecule has 0 aliphatic carbocycles. The zero-order chi connectivity index (χ0) is 14.0. The van der Waals surface area contributed by atoms with Crippen molar-refractivity contribution in [2.24, 2.45) is 0 Å². The summed E-state index contributed by atoms with van der Waals surface area (Å²) in [5.74, 6) is -0.0377. The van der Waals surface area contributed by atoms with Crippen molar-refractivity contribution >= 4 is 22.4 Å². The fourth-order valence-electron chi connectivity index (χ4n) is 2.31. The monoisotopic (exact) mass is 257 g/mol. The molecule has 1 amide bonds. The normalized spacial score (nSPS) is 10.7. The third-order valence-electron chi connectivity index (χ3n) is 3.42. The van der Waals surface area contributed by atoms with Gasteiger partial charge in [0.1, 0.15) is 5.69 Å². The maximum Gasteiger partial charge on any atom is 0.273 e. The van der Waals surface area contributed by atoms with Crippen LogP contribution in [0.4, 0.5) is 5.69 Å². The number of amides is 1. The van der Waals surface area contributed by atoms with Gasteiger partial charge < -0.3 is 10.6 Å². The summed E-state index contributed by atoms with van der Waals surface area (Å²) in [7, 11) is 0. The van der Waals surface area contributed by atoms with Gasteiger partial charge in [0.25, 0.3) is 5.91 Å². The third kappa shape index (κ3) is 2.26. The molecule has 0 saturated heterocycles. The van der Waals surface area contributed by atoms with E-state index in [1.807, 2.05) is 39.0 Å². The molecule has 0 spiro atoms. The number of aromatic nitrogens is 1. The van der Waals surface area contributed by atoms with E-state index >= 15 is 0 Å². The number of nitrogen functional groups attached to an aromatic ring is 1. The van der Waals surface area contributed by atoms with Crippen LogP contribution in [-0.2, 0) is 0 Å². The Morgan fingerprint density at radius 2 is 1.95 bits per heavy atom. The molecule has 2 N–H and O–H groups in total. The molecule has 0 radical (unpaired) electrons. The summed E-state index contributed by atoms with van der Waals surface area (Å²) in [6.45, 7) is 7.26. The molecule has 1 aromatic heterocycles. The summed E-state index contributed by atoms with van der Waals surface area (Å²) in [5, 5.41) is 1.75. The van der Waals surface area contributed by atoms with Crippen molar-refractivity contribution in [3.05, 3.63) is 35.7 Å². The Morgan fingerprint density at radius 3 is 2.58 bits per heavy atom. The Bertz CT molecular complexity index is 618. The van der Waals surface area contributed by atoms with Gasteiger partial charge in [0.2, 0.25) is 0 Å². The SMILES string of the molecule is CCN(CC)C(=O)c1nccc2c(N)ccc(C)c12. The van der Waals surface area contributed by atoms with Crippen LogP contribution >= 0.6 is 0 Å². The largest absolute Gasteiger partial charge is 0.398 e. The Morgan fingerprint density at radius 1 is 1.26 bits per heavy atom. The van der Waals surface area contributed by atoms with Gasteiger partial charge in [0.15, 0.2) is 0 Å². The number of anilines is 1. The van der Waals surface area contributed by atoms with Crippen LogP contribution in [0.3, 0.4) is 0 Å². The van der Waals surface area contributed by atoms with Crippen molar-refractivity contribution in [2.45, 2.75) is 20.8 Å². The molecule has 0 unspecified atom stereocenters. The van der Waals surface area contributed by atoms with Crippen LogP contribution in [0.25, 0.3) is 10.8 Å². The number of fused-ring (bicyclic) bond motifs is 1. The summed E-state index contributed by atoms with van der Waals surface area (Å²) in [4.78, 5) is 18.6. The molecule has 0 fully saturated rings. The van der Waals surface area contributed by atoms with E-state index in [1.54, 1.807) is 11.1 Å². The number of nitrogens with two attached hydrogens (primary N) is 1. The second kappa shape index (κ2) is 5.26. The lowest BCUT2D eigenvalue weighted by molar-refractivity contribution is 0.0769. The van der Waals surface area contributed by atoms with E-state index < -0.39 is 0 Å². The molecular weight excluding hydrogens is 238 g/mol. The molecule has 4 nitrogen and oxygen atoms in total. The smallest absolute Gasteiger partial charge is 0.273 e. The number of aryl methyl sites for hydroxylation is 1. The predicted octanol–water partition coefficient (Wildman–Crippen LogP) is 2.61. The molecule has 1 heterocycles. The average molecular weight is 257 g/mol. The van der Waals surface area contributed by atoms with Gasteiger partial charge in [-0.05, 0) is 38.5 Å². The second-order valence-electron chi connectivity index (χ2n) is 4.53. The van der Waals surface area contributed by atoms with Gasteiger partial charge in [-0.15, -0.1) is 0 Å². The lowest BCUT2D eigenvalue weighted by Gasteiger charge is -2.19. The van der Waals surface area contributed by atoms with E-state index in [1.165, 1.54) is 0 Å². The van der Waals surface area contributed by atoms with Gasteiger partial charge in [-0.3, -0.25) is 9.78 Å². The van der Waals surface area contributed by atoms with E-state index in [2.05, 4.69) is 4.98 Å². The molecule has 2 aromatic rings. The standard InChI is InChI=1S/C15H19N3O/c1-4-18(5-2)15(19)14-13-10(3)6-7-12(16)11(13)8-9-17-14/h6-9H,4-5,16H2,1-3H3. The number of benzene rings is 1. The number of hydrogen-bond donors (Lipinski definition) is 1. The molecule has 0 aliphatic rings. The molecule has 0 atom stereocenters. The first-order valence-corrected chi connectivity index (χ1v) is 6.53. The number of carbonyl (C=O) groups is 1. The number of carbonyl (C=O) groups excluding carboxylic acids is 1. The van der Waals surface area contributed by atoms with Crippen LogP contribution < -0.4 is 5.73 Å². The number of nitrogens with zero attached hydrogens (tertiary/aromatic N) is 2. The first-order valence-electron chi connectivity index (χ1n) is 6.53. The second-order valence-corrected chi connectivity index (χ2v) is 4.53. The van der Waals surface area contributed by atoms with Gasteiger partial charge >= 0.3 is 0 Å². The molecule has 0 saturated carbocycles. The lowest BCUT2D eigenvalue weighted by atomic mass is 10.0. The fraction of sp³-hybridized carbons (Fsp3) is 0.333. The van der Waals surface area contributed by atoms with E-state index in [0.29, 0.717) is 24.5 Å². The topological polar surface area (TPSA) is 59.2 Å². The van der Waals surface area contributed by atoms with Crippen molar-refractivity contribution in [3.63, 3.8) is 0 Å². The molecule has 100 valence electrons. The van der Waals surface area contributed by atoms with E-state index in [4.69, 9.17) is 5.73 Å². The first kappa shape index (κ1) is 13.3. The van der Waals surface area contributed by atoms with Crippen molar-refractivity contribution < 1.29 is 4.79 Å². The van der Waals surface area contributed by atoms with Crippen LogP contribution in [0.5, 0.6) is 0 Å². The van der Waals surface area contributed by atoms with E-state index in [0.717, 1.165) is 16.3 Å². The maximum absolute atomic E-state index is 12.5. The predicted molar refractivity (Wildman–Crippen MR) is 78.1 cm³/mol. The van der Waals surface area contributed by atoms with Crippen LogP contribution in [0.2, 0.25) is 0 Å². The summed E-state index contributed by atoms with van der Waals surface area (Å²) >= 11 is 0. The molecule has 0 bridgehead atoms. The van der Waals surface area contributed by atoms with Gasteiger partial charge in [0, 0.05) is 35.7 Å². The summed E-state index contributed by atoms with van der Waals surface area (Å²) in [5.41, 5.74) is 8.17. The minimum absolute atomic E-state index is 0.0377.